The molecule has 3 aromatic carbocycles. The van der Waals surface area contributed by atoms with Gasteiger partial charge in [0.15, 0.2) is 0 Å². The van der Waals surface area contributed by atoms with E-state index in [1.807, 2.05) is 37.3 Å². The highest BCUT2D eigenvalue weighted by Crippen LogP contribution is 2.33. The number of halogens is 1. The van der Waals surface area contributed by atoms with Crippen LogP contribution in [0.1, 0.15) is 23.0 Å². The van der Waals surface area contributed by atoms with Gasteiger partial charge in [-0.3, -0.25) is 9.59 Å². The van der Waals surface area contributed by atoms with Crippen LogP contribution in [0.25, 0.3) is 16.8 Å². The first-order valence-corrected chi connectivity index (χ1v) is 10.0. The van der Waals surface area contributed by atoms with Crippen LogP contribution in [0.2, 0.25) is 0 Å². The number of aromatic nitrogens is 2. The highest BCUT2D eigenvalue weighted by molar-refractivity contribution is 6.04. The van der Waals surface area contributed by atoms with E-state index in [4.69, 9.17) is 0 Å². The third-order valence-electron chi connectivity index (χ3n) is 4.89. The van der Waals surface area contributed by atoms with Gasteiger partial charge in [0.2, 0.25) is 5.91 Å². The molecule has 160 valence electrons. The Morgan fingerprint density at radius 2 is 1.53 bits per heavy atom. The number of aryl methyl sites for hydroxylation is 1. The molecule has 0 atom stereocenters. The van der Waals surface area contributed by atoms with Crippen molar-refractivity contribution in [1.29, 1.82) is 0 Å². The number of nitrogens with one attached hydrogen (secondary N) is 2. The van der Waals surface area contributed by atoms with Crippen molar-refractivity contribution in [3.05, 3.63) is 95.9 Å². The summed E-state index contributed by atoms with van der Waals surface area (Å²) < 4.78 is 15.0. The summed E-state index contributed by atoms with van der Waals surface area (Å²) in [5.41, 5.74) is 3.97. The molecule has 1 heterocycles. The number of hydrogen-bond acceptors (Lipinski definition) is 3. The second-order valence-electron chi connectivity index (χ2n) is 7.28. The molecular weight excluding hydrogens is 407 g/mol. The topological polar surface area (TPSA) is 76.0 Å². The SMILES string of the molecule is CC(=O)Nc1c(-c2ccc(F)cc2)c(C)nn1-c1ccc(C(=O)Nc2ccccc2)cc1. The van der Waals surface area contributed by atoms with Crippen LogP contribution < -0.4 is 10.6 Å². The number of amides is 2. The molecular formula is C25H21FN4O2. The minimum Gasteiger partial charge on any atom is -0.322 e. The summed E-state index contributed by atoms with van der Waals surface area (Å²) >= 11 is 0. The quantitative estimate of drug-likeness (QED) is 0.459. The van der Waals surface area contributed by atoms with Crippen molar-refractivity contribution in [3.63, 3.8) is 0 Å². The van der Waals surface area contributed by atoms with Gasteiger partial charge in [-0.25, -0.2) is 9.07 Å². The molecule has 0 saturated heterocycles. The molecule has 0 aliphatic carbocycles. The minimum absolute atomic E-state index is 0.228. The maximum Gasteiger partial charge on any atom is 0.255 e. The van der Waals surface area contributed by atoms with Gasteiger partial charge in [-0.05, 0) is 61.0 Å². The molecule has 6 nitrogen and oxygen atoms in total. The summed E-state index contributed by atoms with van der Waals surface area (Å²) in [6.07, 6.45) is 0. The first-order chi connectivity index (χ1) is 15.4. The Bertz CT molecular complexity index is 1260. The largest absolute Gasteiger partial charge is 0.322 e. The molecule has 0 bridgehead atoms. The Labute approximate surface area is 184 Å². The first kappa shape index (κ1) is 21.0. The summed E-state index contributed by atoms with van der Waals surface area (Å²) in [4.78, 5) is 24.4. The second-order valence-corrected chi connectivity index (χ2v) is 7.28. The lowest BCUT2D eigenvalue weighted by Gasteiger charge is -2.11. The van der Waals surface area contributed by atoms with Crippen LogP contribution in [0.3, 0.4) is 0 Å². The second kappa shape index (κ2) is 8.85. The number of benzene rings is 3. The van der Waals surface area contributed by atoms with E-state index in [9.17, 15) is 14.0 Å². The molecule has 0 unspecified atom stereocenters. The Hall–Kier alpha value is -4.26. The molecule has 4 aromatic rings. The van der Waals surface area contributed by atoms with Crippen LogP contribution >= 0.6 is 0 Å². The summed E-state index contributed by atoms with van der Waals surface area (Å²) in [5.74, 6) is -0.353. The van der Waals surface area contributed by atoms with E-state index in [0.717, 1.165) is 5.56 Å². The highest BCUT2D eigenvalue weighted by Gasteiger charge is 2.19. The molecule has 32 heavy (non-hydrogen) atoms. The molecule has 0 saturated carbocycles. The van der Waals surface area contributed by atoms with Crippen LogP contribution in [0.5, 0.6) is 0 Å². The highest BCUT2D eigenvalue weighted by atomic mass is 19.1. The van der Waals surface area contributed by atoms with Gasteiger partial charge >= 0.3 is 0 Å². The Balaban J connectivity index is 1.68. The zero-order valence-electron chi connectivity index (χ0n) is 17.6. The fourth-order valence-electron chi connectivity index (χ4n) is 3.44. The molecule has 0 aliphatic rings. The monoisotopic (exact) mass is 428 g/mol. The summed E-state index contributed by atoms with van der Waals surface area (Å²) in [6, 6.07) is 22.1. The van der Waals surface area contributed by atoms with E-state index in [-0.39, 0.29) is 17.6 Å². The maximum atomic E-state index is 13.4. The number of nitrogens with zero attached hydrogens (tertiary/aromatic N) is 2. The third-order valence-corrected chi connectivity index (χ3v) is 4.89. The zero-order valence-corrected chi connectivity index (χ0v) is 17.6. The summed E-state index contributed by atoms with van der Waals surface area (Å²) in [5, 5.41) is 10.3. The van der Waals surface area contributed by atoms with Gasteiger partial charge in [-0.1, -0.05) is 30.3 Å². The van der Waals surface area contributed by atoms with Crippen LogP contribution in [0.4, 0.5) is 15.9 Å². The van der Waals surface area contributed by atoms with E-state index in [1.54, 1.807) is 41.1 Å². The lowest BCUT2D eigenvalue weighted by atomic mass is 10.1. The molecule has 0 radical (unpaired) electrons. The fraction of sp³-hybridized carbons (Fsp3) is 0.0800. The molecule has 4 rings (SSSR count). The summed E-state index contributed by atoms with van der Waals surface area (Å²) in [6.45, 7) is 3.24. The number of carbonyl (C=O) groups is 2. The molecule has 2 N–H and O–H groups in total. The van der Waals surface area contributed by atoms with Crippen molar-refractivity contribution in [2.45, 2.75) is 13.8 Å². The summed E-state index contributed by atoms with van der Waals surface area (Å²) in [7, 11) is 0. The average molecular weight is 428 g/mol. The zero-order chi connectivity index (χ0) is 22.7. The van der Waals surface area contributed by atoms with Gasteiger partial charge in [0.05, 0.1) is 11.4 Å². The van der Waals surface area contributed by atoms with Crippen molar-refractivity contribution in [1.82, 2.24) is 9.78 Å². The van der Waals surface area contributed by atoms with Crippen LogP contribution in [0.15, 0.2) is 78.9 Å². The fourth-order valence-corrected chi connectivity index (χ4v) is 3.44. The molecule has 0 fully saturated rings. The van der Waals surface area contributed by atoms with Gasteiger partial charge < -0.3 is 10.6 Å². The van der Waals surface area contributed by atoms with Crippen LogP contribution in [0, 0.1) is 12.7 Å². The minimum atomic E-state index is -0.343. The average Bonchev–Trinajstić information content (AvgIpc) is 3.10. The molecule has 2 amide bonds. The van der Waals surface area contributed by atoms with Gasteiger partial charge in [0.25, 0.3) is 5.91 Å². The third kappa shape index (κ3) is 4.41. The molecule has 7 heteroatoms. The normalized spacial score (nSPS) is 10.6. The van der Waals surface area contributed by atoms with Crippen molar-refractivity contribution in [2.24, 2.45) is 0 Å². The number of rotatable bonds is 5. The molecule has 0 spiro atoms. The van der Waals surface area contributed by atoms with Gasteiger partial charge in [0.1, 0.15) is 11.6 Å². The standard InChI is InChI=1S/C25H21FN4O2/c1-16-23(18-8-12-20(26)13-9-18)24(27-17(2)31)30(29-16)22-14-10-19(11-15-22)25(32)28-21-6-4-3-5-7-21/h3-15H,1-2H3,(H,27,31)(H,28,32). The predicted molar refractivity (Wildman–Crippen MR) is 122 cm³/mol. The lowest BCUT2D eigenvalue weighted by Crippen LogP contribution is -2.13. The Kier molecular flexibility index (Phi) is 5.81. The smallest absolute Gasteiger partial charge is 0.255 e. The number of anilines is 2. The molecule has 0 aliphatic heterocycles. The van der Waals surface area contributed by atoms with Crippen LogP contribution in [-0.2, 0) is 4.79 Å². The van der Waals surface area contributed by atoms with E-state index < -0.39 is 0 Å². The number of carbonyl (C=O) groups excluding carboxylic acids is 2. The predicted octanol–water partition coefficient (Wildman–Crippen LogP) is 5.20. The lowest BCUT2D eigenvalue weighted by molar-refractivity contribution is -0.114. The Morgan fingerprint density at radius 1 is 0.875 bits per heavy atom. The van der Waals surface area contributed by atoms with E-state index >= 15 is 0 Å². The number of hydrogen-bond donors (Lipinski definition) is 2. The van der Waals surface area contributed by atoms with Crippen molar-refractivity contribution in [3.8, 4) is 16.8 Å². The van der Waals surface area contributed by atoms with Crippen LogP contribution in [-0.4, -0.2) is 21.6 Å². The van der Waals surface area contributed by atoms with E-state index in [0.29, 0.717) is 34.0 Å². The maximum absolute atomic E-state index is 13.4. The van der Waals surface area contributed by atoms with E-state index in [1.165, 1.54) is 19.1 Å². The van der Waals surface area contributed by atoms with E-state index in [2.05, 4.69) is 15.7 Å². The van der Waals surface area contributed by atoms with Crippen molar-refractivity contribution < 1.29 is 14.0 Å². The first-order valence-electron chi connectivity index (χ1n) is 10.0. The molecule has 1 aromatic heterocycles. The van der Waals surface area contributed by atoms with Crippen molar-refractivity contribution >= 4 is 23.3 Å². The van der Waals surface area contributed by atoms with Gasteiger partial charge in [0, 0.05) is 23.7 Å². The van der Waals surface area contributed by atoms with Gasteiger partial charge in [-0.2, -0.15) is 5.10 Å². The Morgan fingerprint density at radius 3 is 2.16 bits per heavy atom. The van der Waals surface area contributed by atoms with Crippen molar-refractivity contribution in [2.75, 3.05) is 10.6 Å². The number of para-hydroxylation sites is 1. The van der Waals surface area contributed by atoms with Gasteiger partial charge in [-0.15, -0.1) is 0 Å².